The van der Waals surface area contributed by atoms with E-state index in [4.69, 9.17) is 0 Å². The van der Waals surface area contributed by atoms with Crippen LogP contribution in [0.25, 0.3) is 0 Å². The second-order valence-electron chi connectivity index (χ2n) is 6.48. The molecule has 19 heavy (non-hydrogen) atoms. The number of hydrogen-bond acceptors (Lipinski definition) is 2. The molecular weight excluding hydrogens is 236 g/mol. The topological polar surface area (TPSA) is 41.1 Å². The number of anilines is 1. The summed E-state index contributed by atoms with van der Waals surface area (Å²) in [6.45, 7) is 8.46. The molecule has 1 unspecified atom stereocenters. The van der Waals surface area contributed by atoms with Crippen LogP contribution in [0.4, 0.5) is 5.69 Å². The highest BCUT2D eigenvalue weighted by atomic mass is 16.2. The second-order valence-corrected chi connectivity index (χ2v) is 6.48. The third kappa shape index (κ3) is 4.06. The first-order valence-corrected chi connectivity index (χ1v) is 7.04. The van der Waals surface area contributed by atoms with Crippen molar-refractivity contribution in [2.24, 2.45) is 0 Å². The zero-order valence-electron chi connectivity index (χ0n) is 12.3. The molecule has 3 heteroatoms. The molecule has 1 amide bonds. The summed E-state index contributed by atoms with van der Waals surface area (Å²) in [5.74, 6) is 0.0374. The molecule has 1 fully saturated rings. The number of hydrogen-bond donors (Lipinski definition) is 2. The van der Waals surface area contributed by atoms with Crippen LogP contribution < -0.4 is 10.6 Å². The Bertz CT molecular complexity index is 441. The lowest BCUT2D eigenvalue weighted by molar-refractivity contribution is -0.117. The van der Waals surface area contributed by atoms with Crippen LogP contribution in [0.15, 0.2) is 24.3 Å². The molecule has 0 aliphatic heterocycles. The molecular formula is C16H24N2O. The van der Waals surface area contributed by atoms with E-state index in [2.05, 4.69) is 43.5 Å². The Hall–Kier alpha value is -1.35. The van der Waals surface area contributed by atoms with E-state index in [1.165, 1.54) is 18.4 Å². The van der Waals surface area contributed by atoms with Crippen LogP contribution in [0.5, 0.6) is 0 Å². The number of benzene rings is 1. The maximum absolute atomic E-state index is 12.0. The predicted octanol–water partition coefficient (Wildman–Crippen LogP) is 3.06. The van der Waals surface area contributed by atoms with Gasteiger partial charge in [0, 0.05) is 11.7 Å². The predicted molar refractivity (Wildman–Crippen MR) is 79.4 cm³/mol. The molecule has 3 nitrogen and oxygen atoms in total. The third-order valence-corrected chi connectivity index (χ3v) is 3.47. The highest BCUT2D eigenvalue weighted by Gasteiger charge is 2.25. The quantitative estimate of drug-likeness (QED) is 0.873. The molecule has 2 N–H and O–H groups in total. The Morgan fingerprint density at radius 3 is 2.26 bits per heavy atom. The lowest BCUT2D eigenvalue weighted by Crippen LogP contribution is -2.39. The molecule has 104 valence electrons. The summed E-state index contributed by atoms with van der Waals surface area (Å²) in [7, 11) is 0. The second kappa shape index (κ2) is 5.33. The first-order chi connectivity index (χ1) is 8.86. The van der Waals surface area contributed by atoms with Crippen LogP contribution in [0, 0.1) is 0 Å². The smallest absolute Gasteiger partial charge is 0.241 e. The van der Waals surface area contributed by atoms with E-state index in [1.54, 1.807) is 0 Å². The van der Waals surface area contributed by atoms with Crippen molar-refractivity contribution < 1.29 is 4.79 Å². The van der Waals surface area contributed by atoms with Gasteiger partial charge < -0.3 is 10.6 Å². The minimum Gasteiger partial charge on any atom is -0.325 e. The van der Waals surface area contributed by atoms with E-state index >= 15 is 0 Å². The Morgan fingerprint density at radius 2 is 1.79 bits per heavy atom. The van der Waals surface area contributed by atoms with Gasteiger partial charge in [-0.25, -0.2) is 0 Å². The van der Waals surface area contributed by atoms with Crippen molar-refractivity contribution in [2.75, 3.05) is 5.32 Å². The zero-order valence-corrected chi connectivity index (χ0v) is 12.3. The molecule has 1 aromatic carbocycles. The van der Waals surface area contributed by atoms with Gasteiger partial charge >= 0.3 is 0 Å². The van der Waals surface area contributed by atoms with Crippen LogP contribution in [-0.2, 0) is 10.2 Å². The number of nitrogens with one attached hydrogen (secondary N) is 2. The van der Waals surface area contributed by atoms with Crippen LogP contribution in [0.3, 0.4) is 0 Å². The highest BCUT2D eigenvalue weighted by Crippen LogP contribution is 2.23. The largest absolute Gasteiger partial charge is 0.325 e. The Labute approximate surface area is 115 Å². The van der Waals surface area contributed by atoms with E-state index in [9.17, 15) is 4.79 Å². The van der Waals surface area contributed by atoms with Crippen LogP contribution in [0.1, 0.15) is 46.1 Å². The molecule has 0 spiro atoms. The van der Waals surface area contributed by atoms with Crippen molar-refractivity contribution >= 4 is 11.6 Å². The fourth-order valence-corrected chi connectivity index (χ4v) is 1.98. The Morgan fingerprint density at radius 1 is 1.21 bits per heavy atom. The maximum atomic E-state index is 12.0. The van der Waals surface area contributed by atoms with Crippen molar-refractivity contribution in [3.05, 3.63) is 29.8 Å². The highest BCUT2D eigenvalue weighted by molar-refractivity contribution is 5.94. The van der Waals surface area contributed by atoms with E-state index in [0.29, 0.717) is 6.04 Å². The molecule has 0 radical (unpaired) electrons. The molecule has 1 aliphatic rings. The fraction of sp³-hybridized carbons (Fsp3) is 0.562. The maximum Gasteiger partial charge on any atom is 0.241 e. The summed E-state index contributed by atoms with van der Waals surface area (Å²) in [6, 6.07) is 8.52. The SMILES string of the molecule is CC(NC1CC1)C(=O)Nc1ccc(C(C)(C)C)cc1. The monoisotopic (exact) mass is 260 g/mol. The van der Waals surface area contributed by atoms with Gasteiger partial charge in [0.15, 0.2) is 0 Å². The first kappa shape index (κ1) is 14.1. The zero-order chi connectivity index (χ0) is 14.0. The van der Waals surface area contributed by atoms with E-state index in [-0.39, 0.29) is 17.4 Å². The molecule has 0 heterocycles. The van der Waals surface area contributed by atoms with Crippen molar-refractivity contribution in [2.45, 2.75) is 58.0 Å². The van der Waals surface area contributed by atoms with Crippen LogP contribution in [0.2, 0.25) is 0 Å². The summed E-state index contributed by atoms with van der Waals surface area (Å²) < 4.78 is 0. The normalized spacial score (nSPS) is 17.1. The molecule has 1 aliphatic carbocycles. The van der Waals surface area contributed by atoms with E-state index < -0.39 is 0 Å². The lowest BCUT2D eigenvalue weighted by Gasteiger charge is -2.19. The number of carbonyl (C=O) groups is 1. The van der Waals surface area contributed by atoms with Gasteiger partial charge in [0.1, 0.15) is 0 Å². The Balaban J connectivity index is 1.93. The summed E-state index contributed by atoms with van der Waals surface area (Å²) in [5.41, 5.74) is 2.28. The molecule has 0 bridgehead atoms. The minimum absolute atomic E-state index is 0.0374. The van der Waals surface area contributed by atoms with Crippen molar-refractivity contribution in [3.63, 3.8) is 0 Å². The van der Waals surface area contributed by atoms with Gasteiger partial charge in [-0.05, 0) is 42.9 Å². The van der Waals surface area contributed by atoms with Gasteiger partial charge in [-0.2, -0.15) is 0 Å². The summed E-state index contributed by atoms with van der Waals surface area (Å²) in [6.07, 6.45) is 2.38. The van der Waals surface area contributed by atoms with Gasteiger partial charge in [0.2, 0.25) is 5.91 Å². The molecule has 2 rings (SSSR count). The average Bonchev–Trinajstić information content (AvgIpc) is 3.12. The molecule has 0 aromatic heterocycles. The van der Waals surface area contributed by atoms with E-state index in [1.807, 2.05) is 19.1 Å². The lowest BCUT2D eigenvalue weighted by atomic mass is 9.87. The van der Waals surface area contributed by atoms with Gasteiger partial charge in [0.25, 0.3) is 0 Å². The molecule has 1 atom stereocenters. The molecule has 1 saturated carbocycles. The van der Waals surface area contributed by atoms with Crippen LogP contribution >= 0.6 is 0 Å². The summed E-state index contributed by atoms with van der Waals surface area (Å²) in [4.78, 5) is 12.0. The van der Waals surface area contributed by atoms with Crippen molar-refractivity contribution in [1.82, 2.24) is 5.32 Å². The summed E-state index contributed by atoms with van der Waals surface area (Å²) in [5, 5.41) is 6.25. The van der Waals surface area contributed by atoms with Gasteiger partial charge in [0.05, 0.1) is 6.04 Å². The Kier molecular flexibility index (Phi) is 3.95. The van der Waals surface area contributed by atoms with Gasteiger partial charge in [-0.3, -0.25) is 4.79 Å². The standard InChI is InChI=1S/C16H24N2O/c1-11(17-13-9-10-13)15(19)18-14-7-5-12(6-8-14)16(2,3)4/h5-8,11,13,17H,9-10H2,1-4H3,(H,18,19). The first-order valence-electron chi connectivity index (χ1n) is 7.04. The minimum atomic E-state index is -0.130. The molecule has 1 aromatic rings. The van der Waals surface area contributed by atoms with Crippen molar-refractivity contribution in [3.8, 4) is 0 Å². The van der Waals surface area contributed by atoms with Gasteiger partial charge in [-0.1, -0.05) is 32.9 Å². The van der Waals surface area contributed by atoms with Crippen molar-refractivity contribution in [1.29, 1.82) is 0 Å². The number of carbonyl (C=O) groups excluding carboxylic acids is 1. The van der Waals surface area contributed by atoms with Crippen LogP contribution in [-0.4, -0.2) is 18.0 Å². The summed E-state index contributed by atoms with van der Waals surface area (Å²) >= 11 is 0. The number of rotatable bonds is 4. The third-order valence-electron chi connectivity index (χ3n) is 3.47. The van der Waals surface area contributed by atoms with Gasteiger partial charge in [-0.15, -0.1) is 0 Å². The fourth-order valence-electron chi connectivity index (χ4n) is 1.98. The molecule has 0 saturated heterocycles. The number of amides is 1. The van der Waals surface area contributed by atoms with E-state index in [0.717, 1.165) is 5.69 Å². The average molecular weight is 260 g/mol.